The number of aromatic nitrogens is 4. The Bertz CT molecular complexity index is 2000. The molecular formula is C34H41N7O4S. The number of carbonyl (C=O) groups excluding carboxylic acids is 1. The summed E-state index contributed by atoms with van der Waals surface area (Å²) in [7, 11) is -4.00. The molecule has 0 saturated carbocycles. The second kappa shape index (κ2) is 13.8. The van der Waals surface area contributed by atoms with Crippen LogP contribution in [-0.2, 0) is 34.2 Å². The van der Waals surface area contributed by atoms with Gasteiger partial charge in [-0.15, -0.1) is 0 Å². The summed E-state index contributed by atoms with van der Waals surface area (Å²) >= 11 is 0. The molecule has 3 aromatic heterocycles. The van der Waals surface area contributed by atoms with Crippen LogP contribution in [0.25, 0.3) is 22.3 Å². The van der Waals surface area contributed by atoms with Gasteiger partial charge in [-0.1, -0.05) is 48.5 Å². The molecule has 46 heavy (non-hydrogen) atoms. The fourth-order valence-electron chi connectivity index (χ4n) is 5.58. The Balaban J connectivity index is 1.53. The Morgan fingerprint density at radius 3 is 2.46 bits per heavy atom. The predicted octanol–water partition coefficient (Wildman–Crippen LogP) is 5.00. The van der Waals surface area contributed by atoms with Crippen LogP contribution in [0.5, 0.6) is 0 Å². The molecule has 3 heterocycles. The Kier molecular flexibility index (Phi) is 9.88. The lowest BCUT2D eigenvalue weighted by molar-refractivity contribution is -0.118. The molecule has 0 saturated heterocycles. The molecule has 0 fully saturated rings. The number of fused-ring (bicyclic) bond motifs is 1. The number of rotatable bonds is 13. The Labute approximate surface area is 269 Å². The maximum absolute atomic E-state index is 13.7. The summed E-state index contributed by atoms with van der Waals surface area (Å²) in [6.07, 6.45) is 1.40. The Morgan fingerprint density at radius 2 is 1.74 bits per heavy atom. The van der Waals surface area contributed by atoms with Crippen molar-refractivity contribution in [3.8, 4) is 11.1 Å². The summed E-state index contributed by atoms with van der Waals surface area (Å²) in [4.78, 5) is 21.1. The molecule has 11 nitrogen and oxygen atoms in total. The predicted molar refractivity (Wildman–Crippen MR) is 179 cm³/mol. The molecule has 0 radical (unpaired) electrons. The quantitative estimate of drug-likeness (QED) is 0.152. The second-order valence-corrected chi connectivity index (χ2v) is 13.2. The van der Waals surface area contributed by atoms with E-state index in [4.69, 9.17) is 14.5 Å². The normalized spacial score (nSPS) is 11.7. The maximum Gasteiger partial charge on any atom is 0.263 e. The second-order valence-electron chi connectivity index (χ2n) is 11.5. The molecule has 5 aromatic rings. The van der Waals surface area contributed by atoms with Crippen LogP contribution in [-0.4, -0.2) is 53.7 Å². The highest BCUT2D eigenvalue weighted by molar-refractivity contribution is 7.92. The lowest BCUT2D eigenvalue weighted by Gasteiger charge is -2.17. The summed E-state index contributed by atoms with van der Waals surface area (Å²) in [6.45, 7) is 13.5. The molecule has 2 aromatic carbocycles. The molecule has 0 bridgehead atoms. The molecule has 0 aliphatic heterocycles. The first-order valence-corrected chi connectivity index (χ1v) is 16.9. The number of nitrogens with zero attached hydrogens (tertiary/aromatic N) is 4. The first kappa shape index (κ1) is 32.8. The minimum absolute atomic E-state index is 0.0717. The van der Waals surface area contributed by atoms with Crippen molar-refractivity contribution in [2.45, 2.75) is 65.8 Å². The number of pyridine rings is 1. The monoisotopic (exact) mass is 643 g/mol. The van der Waals surface area contributed by atoms with Crippen LogP contribution in [0.15, 0.2) is 57.9 Å². The van der Waals surface area contributed by atoms with Crippen LogP contribution in [0.3, 0.4) is 0 Å². The zero-order valence-electron chi connectivity index (χ0n) is 27.2. The molecule has 0 aliphatic carbocycles. The summed E-state index contributed by atoms with van der Waals surface area (Å²) < 4.78 is 37.4. The van der Waals surface area contributed by atoms with E-state index < -0.39 is 10.0 Å². The maximum atomic E-state index is 13.7. The van der Waals surface area contributed by atoms with Crippen molar-refractivity contribution < 1.29 is 17.7 Å². The lowest BCUT2D eigenvalue weighted by Crippen LogP contribution is -2.31. The van der Waals surface area contributed by atoms with Crippen molar-refractivity contribution in [1.29, 1.82) is 0 Å². The first-order chi connectivity index (χ1) is 22.0. The van der Waals surface area contributed by atoms with Crippen molar-refractivity contribution in [1.82, 2.24) is 30.3 Å². The minimum Gasteiger partial charge on any atom is -0.359 e. The van der Waals surface area contributed by atoms with Gasteiger partial charge in [0.15, 0.2) is 11.5 Å². The van der Waals surface area contributed by atoms with E-state index in [1.165, 1.54) is 6.92 Å². The highest BCUT2D eigenvalue weighted by Crippen LogP contribution is 2.33. The molecule has 0 unspecified atom stereocenters. The van der Waals surface area contributed by atoms with Gasteiger partial charge in [0.2, 0.25) is 5.91 Å². The summed E-state index contributed by atoms with van der Waals surface area (Å²) in [5.41, 5.74) is 7.89. The molecule has 5 rings (SSSR count). The molecule has 1 amide bonds. The van der Waals surface area contributed by atoms with E-state index in [-0.39, 0.29) is 16.6 Å². The molecule has 12 heteroatoms. The summed E-state index contributed by atoms with van der Waals surface area (Å²) in [5, 5.41) is 10.1. The first-order valence-electron chi connectivity index (χ1n) is 15.4. The fraction of sp³-hybridized carbons (Fsp3) is 0.353. The van der Waals surface area contributed by atoms with Gasteiger partial charge < -0.3 is 19.7 Å². The molecule has 242 valence electrons. The van der Waals surface area contributed by atoms with Gasteiger partial charge in [0.25, 0.3) is 10.0 Å². The van der Waals surface area contributed by atoms with Crippen molar-refractivity contribution in [3.05, 3.63) is 88.1 Å². The highest BCUT2D eigenvalue weighted by Gasteiger charge is 2.24. The van der Waals surface area contributed by atoms with Crippen molar-refractivity contribution >= 4 is 32.9 Å². The fourth-order valence-corrected chi connectivity index (χ4v) is 6.86. The number of imidazole rings is 1. The van der Waals surface area contributed by atoms with Crippen LogP contribution in [0.2, 0.25) is 0 Å². The van der Waals surface area contributed by atoms with Gasteiger partial charge in [-0.2, -0.15) is 0 Å². The average Bonchev–Trinajstić information content (AvgIpc) is 3.53. The molecular weight excluding hydrogens is 602 g/mol. The number of benzene rings is 2. The largest absolute Gasteiger partial charge is 0.359 e. The van der Waals surface area contributed by atoms with Gasteiger partial charge in [0.1, 0.15) is 17.1 Å². The molecule has 0 spiro atoms. The number of sulfonamides is 1. The zero-order chi connectivity index (χ0) is 33.0. The van der Waals surface area contributed by atoms with Crippen molar-refractivity contribution in [3.63, 3.8) is 0 Å². The van der Waals surface area contributed by atoms with Gasteiger partial charge in [-0.3, -0.25) is 9.52 Å². The molecule has 3 N–H and O–H groups in total. The van der Waals surface area contributed by atoms with Crippen LogP contribution >= 0.6 is 0 Å². The van der Waals surface area contributed by atoms with E-state index in [1.807, 2.05) is 31.2 Å². The lowest BCUT2D eigenvalue weighted by atomic mass is 9.95. The number of hydrogen-bond donors (Lipinski definition) is 3. The van der Waals surface area contributed by atoms with Crippen LogP contribution in [0.4, 0.5) is 5.82 Å². The number of hydrogen-bond acceptors (Lipinski definition) is 8. The smallest absolute Gasteiger partial charge is 0.263 e. The van der Waals surface area contributed by atoms with Crippen LogP contribution < -0.4 is 15.4 Å². The van der Waals surface area contributed by atoms with Gasteiger partial charge in [-0.05, 0) is 75.0 Å². The van der Waals surface area contributed by atoms with E-state index in [0.717, 1.165) is 51.4 Å². The topological polar surface area (TPSA) is 144 Å². The Morgan fingerprint density at radius 1 is 0.957 bits per heavy atom. The van der Waals surface area contributed by atoms with Crippen molar-refractivity contribution in [2.75, 3.05) is 24.4 Å². The van der Waals surface area contributed by atoms with Crippen LogP contribution in [0, 0.1) is 27.7 Å². The summed E-state index contributed by atoms with van der Waals surface area (Å²) in [6, 6.07) is 15.2. The zero-order valence-corrected chi connectivity index (χ0v) is 28.0. The summed E-state index contributed by atoms with van der Waals surface area (Å²) in [5.74, 6) is 1.61. The number of nitrogens with one attached hydrogen (secondary N) is 3. The SMILES string of the molecule is CCc1nc2c(C)cc(C)nc2n1Cc1ccc(-c2ccccc2S(=O)(=O)Nc2noc(C)c2C)c(CCNCCNC(C)=O)c1. The number of anilines is 1. The van der Waals surface area contributed by atoms with Crippen LogP contribution in [0.1, 0.15) is 53.4 Å². The van der Waals surface area contributed by atoms with E-state index >= 15 is 0 Å². The standard InChI is InChI=1S/C34H41N7O4S/c1-7-31-38-32-21(2)18-22(3)37-34(32)41(31)20-26-12-13-28(27(19-26)14-15-35-16-17-36-25(6)42)29-10-8-9-11-30(29)46(43,44)40-33-23(4)24(5)45-39-33/h8-13,18-19,35H,7,14-17,20H2,1-6H3,(H,36,42)(H,39,40). The van der Waals surface area contributed by atoms with E-state index in [1.54, 1.807) is 26.0 Å². The number of aryl methyl sites for hydroxylation is 4. The molecule has 0 aliphatic rings. The minimum atomic E-state index is -4.00. The van der Waals surface area contributed by atoms with E-state index in [9.17, 15) is 13.2 Å². The van der Waals surface area contributed by atoms with E-state index in [2.05, 4.69) is 51.1 Å². The number of carbonyl (C=O) groups is 1. The third-order valence-corrected chi connectivity index (χ3v) is 9.43. The number of amides is 1. The Hall–Kier alpha value is -4.55. The third kappa shape index (κ3) is 7.13. The van der Waals surface area contributed by atoms with Gasteiger partial charge in [0.05, 0.1) is 11.4 Å². The van der Waals surface area contributed by atoms with Gasteiger partial charge >= 0.3 is 0 Å². The highest BCUT2D eigenvalue weighted by atomic mass is 32.2. The molecule has 0 atom stereocenters. The van der Waals surface area contributed by atoms with E-state index in [0.29, 0.717) is 49.5 Å². The third-order valence-electron chi connectivity index (χ3n) is 8.03. The van der Waals surface area contributed by atoms with Crippen molar-refractivity contribution in [2.24, 2.45) is 0 Å². The van der Waals surface area contributed by atoms with Gasteiger partial charge in [0, 0.05) is 43.3 Å². The average molecular weight is 644 g/mol. The van der Waals surface area contributed by atoms with Gasteiger partial charge in [-0.25, -0.2) is 18.4 Å².